The third kappa shape index (κ3) is 6.24. The van der Waals surface area contributed by atoms with E-state index in [1.54, 1.807) is 0 Å². The number of benzene rings is 1. The first kappa shape index (κ1) is 18.3. The van der Waals surface area contributed by atoms with Crippen molar-refractivity contribution in [3.63, 3.8) is 0 Å². The monoisotopic (exact) mass is 401 g/mol. The van der Waals surface area contributed by atoms with Crippen LogP contribution in [0.2, 0.25) is 0 Å². The molecule has 1 aliphatic rings. The fourth-order valence-corrected chi connectivity index (χ4v) is 2.16. The van der Waals surface area contributed by atoms with Crippen LogP contribution in [0, 0.1) is 5.92 Å². The molecule has 0 unspecified atom stereocenters. The van der Waals surface area contributed by atoms with Gasteiger partial charge in [-0.3, -0.25) is 4.99 Å². The van der Waals surface area contributed by atoms with Crippen LogP contribution in [-0.4, -0.2) is 25.6 Å². The van der Waals surface area contributed by atoms with Crippen molar-refractivity contribution in [1.29, 1.82) is 0 Å². The summed E-state index contributed by atoms with van der Waals surface area (Å²) in [5, 5.41) is 6.77. The minimum atomic E-state index is 0. The SMILES string of the molecule is CCNC(=NCC(C)(C)c1ccccc1)NCC1CC1.I. The van der Waals surface area contributed by atoms with Crippen molar-refractivity contribution in [2.75, 3.05) is 19.6 Å². The summed E-state index contributed by atoms with van der Waals surface area (Å²) >= 11 is 0. The molecule has 0 bridgehead atoms. The molecule has 2 rings (SSSR count). The van der Waals surface area contributed by atoms with Crippen LogP contribution in [0.3, 0.4) is 0 Å². The van der Waals surface area contributed by atoms with Crippen LogP contribution < -0.4 is 10.6 Å². The molecular formula is C17H28IN3. The van der Waals surface area contributed by atoms with Gasteiger partial charge < -0.3 is 10.6 Å². The number of nitrogens with zero attached hydrogens (tertiary/aromatic N) is 1. The van der Waals surface area contributed by atoms with Crippen molar-refractivity contribution in [2.24, 2.45) is 10.9 Å². The maximum Gasteiger partial charge on any atom is 0.191 e. The molecule has 1 aliphatic carbocycles. The van der Waals surface area contributed by atoms with Gasteiger partial charge in [0.25, 0.3) is 0 Å². The van der Waals surface area contributed by atoms with E-state index in [0.29, 0.717) is 0 Å². The lowest BCUT2D eigenvalue weighted by Gasteiger charge is -2.24. The fourth-order valence-electron chi connectivity index (χ4n) is 2.16. The van der Waals surface area contributed by atoms with E-state index in [9.17, 15) is 0 Å². The van der Waals surface area contributed by atoms with Crippen molar-refractivity contribution in [3.8, 4) is 0 Å². The lowest BCUT2D eigenvalue weighted by Crippen LogP contribution is -2.39. The van der Waals surface area contributed by atoms with Gasteiger partial charge in [-0.1, -0.05) is 44.2 Å². The predicted molar refractivity (Wildman–Crippen MR) is 102 cm³/mol. The van der Waals surface area contributed by atoms with Crippen LogP contribution in [0.25, 0.3) is 0 Å². The molecule has 0 heterocycles. The zero-order valence-corrected chi connectivity index (χ0v) is 15.7. The zero-order chi connectivity index (χ0) is 14.4. The van der Waals surface area contributed by atoms with E-state index in [2.05, 4.69) is 61.7 Å². The first-order chi connectivity index (χ1) is 9.62. The molecule has 0 spiro atoms. The first-order valence-electron chi connectivity index (χ1n) is 7.69. The molecule has 4 heteroatoms. The third-order valence-corrected chi connectivity index (χ3v) is 3.79. The Labute approximate surface area is 146 Å². The van der Waals surface area contributed by atoms with Crippen molar-refractivity contribution in [2.45, 2.75) is 39.0 Å². The van der Waals surface area contributed by atoms with E-state index in [0.717, 1.165) is 31.5 Å². The average Bonchev–Trinajstić information content (AvgIpc) is 3.27. The quantitative estimate of drug-likeness (QED) is 0.435. The van der Waals surface area contributed by atoms with E-state index < -0.39 is 0 Å². The Morgan fingerprint density at radius 1 is 1.19 bits per heavy atom. The van der Waals surface area contributed by atoms with Gasteiger partial charge in [0.15, 0.2) is 5.96 Å². The Kier molecular flexibility index (Phi) is 7.49. The number of aliphatic imine (C=N–C) groups is 1. The second kappa shape index (κ2) is 8.61. The van der Waals surface area contributed by atoms with Crippen LogP contribution in [0.1, 0.15) is 39.2 Å². The van der Waals surface area contributed by atoms with Gasteiger partial charge >= 0.3 is 0 Å². The molecule has 0 aliphatic heterocycles. The van der Waals surface area contributed by atoms with E-state index in [1.165, 1.54) is 18.4 Å². The van der Waals surface area contributed by atoms with Gasteiger partial charge in [-0.25, -0.2) is 0 Å². The molecule has 2 N–H and O–H groups in total. The van der Waals surface area contributed by atoms with Crippen molar-refractivity contribution < 1.29 is 0 Å². The summed E-state index contributed by atoms with van der Waals surface area (Å²) in [7, 11) is 0. The Hall–Kier alpha value is -0.780. The summed E-state index contributed by atoms with van der Waals surface area (Å²) in [6.45, 7) is 9.35. The van der Waals surface area contributed by atoms with Gasteiger partial charge in [0.2, 0.25) is 0 Å². The molecule has 0 atom stereocenters. The van der Waals surface area contributed by atoms with Gasteiger partial charge in [-0.05, 0) is 31.2 Å². The van der Waals surface area contributed by atoms with E-state index in [1.807, 2.05) is 0 Å². The van der Waals surface area contributed by atoms with Crippen LogP contribution in [0.15, 0.2) is 35.3 Å². The molecule has 0 amide bonds. The largest absolute Gasteiger partial charge is 0.357 e. The predicted octanol–water partition coefficient (Wildman–Crippen LogP) is 3.55. The van der Waals surface area contributed by atoms with Crippen molar-refractivity contribution in [1.82, 2.24) is 10.6 Å². The summed E-state index contributed by atoms with van der Waals surface area (Å²) < 4.78 is 0. The number of nitrogens with one attached hydrogen (secondary N) is 2. The molecular weight excluding hydrogens is 373 g/mol. The van der Waals surface area contributed by atoms with Gasteiger partial charge in [0, 0.05) is 18.5 Å². The molecule has 1 fully saturated rings. The minimum absolute atomic E-state index is 0. The van der Waals surface area contributed by atoms with Gasteiger partial charge in [-0.2, -0.15) is 0 Å². The summed E-state index contributed by atoms with van der Waals surface area (Å²) in [6.07, 6.45) is 2.73. The minimum Gasteiger partial charge on any atom is -0.357 e. The number of halogens is 1. The van der Waals surface area contributed by atoms with Crippen molar-refractivity contribution >= 4 is 29.9 Å². The molecule has 1 aromatic rings. The molecule has 0 radical (unpaired) electrons. The fraction of sp³-hybridized carbons (Fsp3) is 0.588. The van der Waals surface area contributed by atoms with Crippen molar-refractivity contribution in [3.05, 3.63) is 35.9 Å². The molecule has 3 nitrogen and oxygen atoms in total. The Bertz CT molecular complexity index is 439. The van der Waals surface area contributed by atoms with Crippen LogP contribution in [0.5, 0.6) is 0 Å². The first-order valence-corrected chi connectivity index (χ1v) is 7.69. The van der Waals surface area contributed by atoms with Crippen LogP contribution in [-0.2, 0) is 5.41 Å². The van der Waals surface area contributed by atoms with E-state index in [4.69, 9.17) is 4.99 Å². The van der Waals surface area contributed by atoms with E-state index >= 15 is 0 Å². The van der Waals surface area contributed by atoms with Gasteiger partial charge in [0.05, 0.1) is 6.54 Å². The molecule has 1 aromatic carbocycles. The van der Waals surface area contributed by atoms with E-state index in [-0.39, 0.29) is 29.4 Å². The summed E-state index contributed by atoms with van der Waals surface area (Å²) in [6, 6.07) is 10.6. The lowest BCUT2D eigenvalue weighted by molar-refractivity contribution is 0.537. The summed E-state index contributed by atoms with van der Waals surface area (Å²) in [5.41, 5.74) is 1.39. The molecule has 118 valence electrons. The lowest BCUT2D eigenvalue weighted by atomic mass is 9.85. The molecule has 21 heavy (non-hydrogen) atoms. The number of hydrogen-bond acceptors (Lipinski definition) is 1. The van der Waals surface area contributed by atoms with Crippen LogP contribution in [0.4, 0.5) is 0 Å². The number of hydrogen-bond donors (Lipinski definition) is 2. The third-order valence-electron chi connectivity index (χ3n) is 3.79. The Morgan fingerprint density at radius 3 is 2.43 bits per heavy atom. The second-order valence-corrected chi connectivity index (χ2v) is 6.27. The topological polar surface area (TPSA) is 36.4 Å². The standard InChI is InChI=1S/C17H27N3.HI/c1-4-18-16(19-12-14-10-11-14)20-13-17(2,3)15-8-6-5-7-9-15;/h5-9,14H,4,10-13H2,1-3H3,(H2,18,19,20);1H. The highest BCUT2D eigenvalue weighted by Gasteiger charge is 2.22. The highest BCUT2D eigenvalue weighted by molar-refractivity contribution is 14.0. The summed E-state index contributed by atoms with van der Waals surface area (Å²) in [5.74, 6) is 1.81. The highest BCUT2D eigenvalue weighted by atomic mass is 127. The molecule has 1 saturated carbocycles. The van der Waals surface area contributed by atoms with Crippen LogP contribution >= 0.6 is 24.0 Å². The Balaban J connectivity index is 0.00000220. The second-order valence-electron chi connectivity index (χ2n) is 6.27. The summed E-state index contributed by atoms with van der Waals surface area (Å²) in [4.78, 5) is 4.76. The Morgan fingerprint density at radius 2 is 1.86 bits per heavy atom. The molecule has 0 saturated heterocycles. The number of guanidine groups is 1. The normalized spacial score (nSPS) is 15.3. The van der Waals surface area contributed by atoms with Gasteiger partial charge in [-0.15, -0.1) is 24.0 Å². The van der Waals surface area contributed by atoms with Gasteiger partial charge in [0.1, 0.15) is 0 Å². The maximum atomic E-state index is 4.76. The smallest absolute Gasteiger partial charge is 0.191 e. The molecule has 0 aromatic heterocycles. The maximum absolute atomic E-state index is 4.76. The highest BCUT2D eigenvalue weighted by Crippen LogP contribution is 2.27. The average molecular weight is 401 g/mol. The number of rotatable bonds is 6. The zero-order valence-electron chi connectivity index (χ0n) is 13.4.